The van der Waals surface area contributed by atoms with Crippen molar-refractivity contribution >= 4 is 27.5 Å². The third-order valence-electron chi connectivity index (χ3n) is 3.33. The van der Waals surface area contributed by atoms with Crippen LogP contribution in [0.15, 0.2) is 29.0 Å². The van der Waals surface area contributed by atoms with Gasteiger partial charge in [-0.2, -0.15) is 5.10 Å². The van der Waals surface area contributed by atoms with Crippen molar-refractivity contribution in [2.45, 2.75) is 39.3 Å². The number of hydrogen-bond donors (Lipinski definition) is 1. The van der Waals surface area contributed by atoms with Crippen molar-refractivity contribution in [3.05, 3.63) is 45.4 Å². The van der Waals surface area contributed by atoms with Gasteiger partial charge in [0.25, 0.3) is 0 Å². The largest absolute Gasteiger partial charge is 0.310 e. The molecule has 0 radical (unpaired) electrons. The fourth-order valence-corrected chi connectivity index (χ4v) is 3.00. The predicted molar refractivity (Wildman–Crippen MR) is 89.7 cm³/mol. The fraction of sp³-hybridized carbons (Fsp3) is 0.467. The van der Waals surface area contributed by atoms with E-state index < -0.39 is 0 Å². The minimum atomic E-state index is 0.113. The van der Waals surface area contributed by atoms with Crippen LogP contribution in [0.5, 0.6) is 0 Å². The Hall–Kier alpha value is -0.910. The highest BCUT2D eigenvalue weighted by atomic mass is 79.9. The van der Waals surface area contributed by atoms with Crippen molar-refractivity contribution in [3.8, 4) is 0 Å². The number of nitrogens with one attached hydrogen (secondary N) is 1. The van der Waals surface area contributed by atoms with Crippen molar-refractivity contribution in [1.29, 1.82) is 0 Å². The van der Waals surface area contributed by atoms with Crippen LogP contribution in [0.25, 0.3) is 0 Å². The number of benzene rings is 1. The lowest BCUT2D eigenvalue weighted by molar-refractivity contribution is 0.468. The van der Waals surface area contributed by atoms with E-state index in [2.05, 4.69) is 58.2 Å². The fourth-order valence-electron chi connectivity index (χ4n) is 2.36. The Morgan fingerprint density at radius 2 is 2.14 bits per heavy atom. The molecule has 1 aromatic carbocycles. The molecule has 1 N–H and O–H groups in total. The lowest BCUT2D eigenvalue weighted by Crippen LogP contribution is -2.25. The number of likely N-dealkylation sites (N-methyl/N-ethyl adjacent to an activating group) is 1. The van der Waals surface area contributed by atoms with Crippen LogP contribution < -0.4 is 5.32 Å². The lowest BCUT2D eigenvalue weighted by Gasteiger charge is -2.20. The van der Waals surface area contributed by atoms with Gasteiger partial charge in [-0.05, 0) is 48.0 Å². The zero-order chi connectivity index (χ0) is 15.4. The molecule has 1 atom stereocenters. The first-order chi connectivity index (χ1) is 10.0. The molecule has 4 nitrogen and oxygen atoms in total. The van der Waals surface area contributed by atoms with Gasteiger partial charge in [-0.15, -0.1) is 0 Å². The number of nitrogens with zero attached hydrogens (tertiary/aromatic N) is 3. The van der Waals surface area contributed by atoms with Gasteiger partial charge in [-0.25, -0.2) is 9.67 Å². The Kier molecular flexibility index (Phi) is 5.79. The molecule has 0 amide bonds. The normalized spacial score (nSPS) is 12.9. The molecule has 2 aromatic rings. The number of hydrogen-bond acceptors (Lipinski definition) is 3. The third kappa shape index (κ3) is 3.84. The van der Waals surface area contributed by atoms with Gasteiger partial charge in [-0.1, -0.05) is 30.7 Å². The van der Waals surface area contributed by atoms with E-state index in [0.29, 0.717) is 6.04 Å². The zero-order valence-electron chi connectivity index (χ0n) is 12.5. The van der Waals surface area contributed by atoms with Gasteiger partial charge in [-0.3, -0.25) is 0 Å². The van der Waals surface area contributed by atoms with E-state index in [1.165, 1.54) is 0 Å². The highest BCUT2D eigenvalue weighted by Gasteiger charge is 2.19. The molecule has 0 saturated carbocycles. The maximum Gasteiger partial charge on any atom is 0.138 e. The van der Waals surface area contributed by atoms with Crippen LogP contribution in [0.3, 0.4) is 0 Å². The lowest BCUT2D eigenvalue weighted by atomic mass is 10.0. The zero-order valence-corrected chi connectivity index (χ0v) is 14.8. The number of halogens is 2. The second-order valence-electron chi connectivity index (χ2n) is 5.17. The minimum Gasteiger partial charge on any atom is -0.310 e. The van der Waals surface area contributed by atoms with E-state index in [-0.39, 0.29) is 6.04 Å². The first-order valence-electron chi connectivity index (χ1n) is 7.10. The molecule has 114 valence electrons. The second-order valence-corrected chi connectivity index (χ2v) is 6.40. The van der Waals surface area contributed by atoms with Gasteiger partial charge in [0.05, 0.1) is 5.02 Å². The third-order valence-corrected chi connectivity index (χ3v) is 4.64. The SMILES string of the molecule is CCNC(Cc1ncnn1C(C)C)c1cccc(Br)c1Cl. The number of aromatic nitrogens is 3. The quantitative estimate of drug-likeness (QED) is 0.829. The molecule has 0 spiro atoms. The standard InChI is InChI=1S/C15H20BrClN4/c1-4-18-13(11-6-5-7-12(16)15(11)17)8-14-19-9-20-21(14)10(2)3/h5-7,9-10,13,18H,4,8H2,1-3H3. The van der Waals surface area contributed by atoms with Crippen LogP contribution >= 0.6 is 27.5 Å². The number of rotatable bonds is 6. The Bertz CT molecular complexity index is 597. The molecule has 1 heterocycles. The Morgan fingerprint density at radius 3 is 2.81 bits per heavy atom. The van der Waals surface area contributed by atoms with Crippen molar-refractivity contribution in [3.63, 3.8) is 0 Å². The average molecular weight is 372 g/mol. The molecule has 0 bridgehead atoms. The van der Waals surface area contributed by atoms with Crippen LogP contribution in [-0.4, -0.2) is 21.3 Å². The summed E-state index contributed by atoms with van der Waals surface area (Å²) in [5.74, 6) is 0.965. The summed E-state index contributed by atoms with van der Waals surface area (Å²) in [7, 11) is 0. The van der Waals surface area contributed by atoms with Gasteiger partial charge >= 0.3 is 0 Å². The van der Waals surface area contributed by atoms with Crippen molar-refractivity contribution < 1.29 is 0 Å². The summed E-state index contributed by atoms with van der Waals surface area (Å²) in [5.41, 5.74) is 1.08. The van der Waals surface area contributed by atoms with E-state index >= 15 is 0 Å². The van der Waals surface area contributed by atoms with Gasteiger partial charge in [0, 0.05) is 23.0 Å². The molecule has 21 heavy (non-hydrogen) atoms. The summed E-state index contributed by atoms with van der Waals surface area (Å²) < 4.78 is 2.87. The summed E-state index contributed by atoms with van der Waals surface area (Å²) in [4.78, 5) is 4.39. The summed E-state index contributed by atoms with van der Waals surface area (Å²) in [6, 6.07) is 6.41. The van der Waals surface area contributed by atoms with Gasteiger partial charge < -0.3 is 5.32 Å². The van der Waals surface area contributed by atoms with Crippen LogP contribution in [0.2, 0.25) is 5.02 Å². The molecule has 1 aromatic heterocycles. The van der Waals surface area contributed by atoms with E-state index in [1.807, 2.05) is 16.8 Å². The van der Waals surface area contributed by atoms with Crippen molar-refractivity contribution in [2.24, 2.45) is 0 Å². The topological polar surface area (TPSA) is 42.7 Å². The Labute approximate surface area is 139 Å². The maximum absolute atomic E-state index is 6.44. The van der Waals surface area contributed by atoms with E-state index in [1.54, 1.807) is 6.33 Å². The summed E-state index contributed by atoms with van der Waals surface area (Å²) in [6.45, 7) is 7.16. The second kappa shape index (κ2) is 7.38. The maximum atomic E-state index is 6.44. The monoisotopic (exact) mass is 370 g/mol. The van der Waals surface area contributed by atoms with Crippen LogP contribution in [-0.2, 0) is 6.42 Å². The molecule has 0 fully saturated rings. The van der Waals surface area contributed by atoms with Crippen LogP contribution in [0.1, 0.15) is 44.2 Å². The predicted octanol–water partition coefficient (Wildman–Crippen LogP) is 4.17. The molecule has 0 aliphatic heterocycles. The molecule has 0 saturated heterocycles. The van der Waals surface area contributed by atoms with E-state index in [9.17, 15) is 0 Å². The molecule has 2 rings (SSSR count). The Balaban J connectivity index is 2.31. The van der Waals surface area contributed by atoms with Crippen LogP contribution in [0, 0.1) is 0 Å². The van der Waals surface area contributed by atoms with Crippen LogP contribution in [0.4, 0.5) is 0 Å². The van der Waals surface area contributed by atoms with Gasteiger partial charge in [0.1, 0.15) is 12.2 Å². The van der Waals surface area contributed by atoms with Gasteiger partial charge in [0.15, 0.2) is 0 Å². The molecular weight excluding hydrogens is 352 g/mol. The minimum absolute atomic E-state index is 0.113. The van der Waals surface area contributed by atoms with E-state index in [0.717, 1.165) is 33.8 Å². The Morgan fingerprint density at radius 1 is 1.38 bits per heavy atom. The summed E-state index contributed by atoms with van der Waals surface area (Å²) in [6.07, 6.45) is 2.36. The smallest absolute Gasteiger partial charge is 0.138 e. The van der Waals surface area contributed by atoms with Gasteiger partial charge in [0.2, 0.25) is 0 Å². The average Bonchev–Trinajstić information content (AvgIpc) is 2.90. The summed E-state index contributed by atoms with van der Waals surface area (Å²) >= 11 is 9.92. The van der Waals surface area contributed by atoms with Crippen molar-refractivity contribution in [1.82, 2.24) is 20.1 Å². The van der Waals surface area contributed by atoms with Crippen molar-refractivity contribution in [2.75, 3.05) is 6.54 Å². The first-order valence-corrected chi connectivity index (χ1v) is 8.27. The highest BCUT2D eigenvalue weighted by molar-refractivity contribution is 9.10. The van der Waals surface area contributed by atoms with E-state index in [4.69, 9.17) is 11.6 Å². The molecule has 6 heteroatoms. The first kappa shape index (κ1) is 16.5. The molecule has 0 aliphatic carbocycles. The highest BCUT2D eigenvalue weighted by Crippen LogP contribution is 2.31. The molecule has 1 unspecified atom stereocenters. The summed E-state index contributed by atoms with van der Waals surface area (Å²) in [5, 5.41) is 8.53. The molecular formula is C15H20BrClN4. The molecule has 0 aliphatic rings.